The summed E-state index contributed by atoms with van der Waals surface area (Å²) in [5.74, 6) is -0.372. The normalized spacial score (nSPS) is 11.6. The molecule has 0 radical (unpaired) electrons. The predicted octanol–water partition coefficient (Wildman–Crippen LogP) is 3.92. The van der Waals surface area contributed by atoms with Gasteiger partial charge >= 0.3 is 5.97 Å². The fourth-order valence-electron chi connectivity index (χ4n) is 2.99. The van der Waals surface area contributed by atoms with Gasteiger partial charge in [0.1, 0.15) is 4.83 Å². The summed E-state index contributed by atoms with van der Waals surface area (Å²) in [6.45, 7) is 2.49. The first-order valence-electron chi connectivity index (χ1n) is 9.50. The average molecular weight is 417 g/mol. The maximum Gasteiger partial charge on any atom is 0.338 e. The van der Waals surface area contributed by atoms with Crippen LogP contribution >= 0.6 is 11.3 Å². The van der Waals surface area contributed by atoms with E-state index in [1.165, 1.54) is 11.3 Å². The fraction of sp³-hybridized carbons (Fsp3) is 0.130. The molecule has 0 aliphatic heterocycles. The third-order valence-electron chi connectivity index (χ3n) is 4.45. The smallest absolute Gasteiger partial charge is 0.338 e. The van der Waals surface area contributed by atoms with Crippen LogP contribution in [0.3, 0.4) is 0 Å². The van der Waals surface area contributed by atoms with Crippen LogP contribution in [0.4, 0.5) is 5.69 Å². The van der Waals surface area contributed by atoms with Gasteiger partial charge in [-0.2, -0.15) is 0 Å². The van der Waals surface area contributed by atoms with Crippen molar-refractivity contribution in [3.63, 3.8) is 0 Å². The second-order valence-corrected chi connectivity index (χ2v) is 7.45. The van der Waals surface area contributed by atoms with Gasteiger partial charge in [-0.15, -0.1) is 0 Å². The number of pyridine rings is 1. The quantitative estimate of drug-likeness (QED) is 0.462. The number of esters is 1. The molecule has 0 amide bonds. The SMILES string of the molecule is CCOC(=O)c1ccc(/N=c2\sc3ncccc3c(=O)n2Cc2ccccc2)cc1. The van der Waals surface area contributed by atoms with Gasteiger partial charge in [-0.25, -0.2) is 14.8 Å². The van der Waals surface area contributed by atoms with E-state index >= 15 is 0 Å². The molecule has 0 fully saturated rings. The molecular weight excluding hydrogens is 398 g/mol. The van der Waals surface area contributed by atoms with E-state index in [0.717, 1.165) is 5.56 Å². The summed E-state index contributed by atoms with van der Waals surface area (Å²) in [7, 11) is 0. The molecule has 0 spiro atoms. The van der Waals surface area contributed by atoms with Gasteiger partial charge in [-0.05, 0) is 48.9 Å². The Morgan fingerprint density at radius 1 is 1.07 bits per heavy atom. The van der Waals surface area contributed by atoms with Crippen LogP contribution in [-0.2, 0) is 11.3 Å². The van der Waals surface area contributed by atoms with Crippen molar-refractivity contribution in [3.8, 4) is 0 Å². The molecule has 6 nitrogen and oxygen atoms in total. The molecule has 4 rings (SSSR count). The number of hydrogen-bond acceptors (Lipinski definition) is 6. The number of hydrogen-bond donors (Lipinski definition) is 0. The molecule has 0 atom stereocenters. The van der Waals surface area contributed by atoms with Crippen LogP contribution in [0.1, 0.15) is 22.8 Å². The van der Waals surface area contributed by atoms with Crippen molar-refractivity contribution in [2.24, 2.45) is 4.99 Å². The maximum absolute atomic E-state index is 13.2. The Morgan fingerprint density at radius 2 is 1.83 bits per heavy atom. The summed E-state index contributed by atoms with van der Waals surface area (Å²) in [6.07, 6.45) is 1.66. The zero-order valence-electron chi connectivity index (χ0n) is 16.3. The minimum Gasteiger partial charge on any atom is -0.462 e. The third kappa shape index (κ3) is 4.21. The molecule has 0 bridgehead atoms. The predicted molar refractivity (Wildman–Crippen MR) is 117 cm³/mol. The van der Waals surface area contributed by atoms with Gasteiger partial charge < -0.3 is 4.74 Å². The molecule has 30 heavy (non-hydrogen) atoms. The minimum absolute atomic E-state index is 0.136. The molecule has 2 aromatic carbocycles. The molecule has 0 N–H and O–H groups in total. The van der Waals surface area contributed by atoms with Crippen LogP contribution in [0.25, 0.3) is 10.2 Å². The van der Waals surface area contributed by atoms with Gasteiger partial charge in [0, 0.05) is 6.20 Å². The Kier molecular flexibility index (Phi) is 5.81. The molecular formula is C23H19N3O3S. The van der Waals surface area contributed by atoms with E-state index in [1.807, 2.05) is 30.3 Å². The van der Waals surface area contributed by atoms with E-state index in [9.17, 15) is 9.59 Å². The standard InChI is InChI=1S/C23H19N3O3S/c1-2-29-22(28)17-10-12-18(13-11-17)25-23-26(15-16-7-4-3-5-8-16)21(27)19-9-6-14-24-20(19)30-23/h3-14H,2,15H2,1H3/b25-23-. The number of carbonyl (C=O) groups excluding carboxylic acids is 1. The summed E-state index contributed by atoms with van der Waals surface area (Å²) in [5.41, 5.74) is 1.96. The number of ether oxygens (including phenoxy) is 1. The number of carbonyl (C=O) groups is 1. The zero-order valence-corrected chi connectivity index (χ0v) is 17.1. The van der Waals surface area contributed by atoms with Crippen LogP contribution in [-0.4, -0.2) is 22.1 Å². The molecule has 0 saturated carbocycles. The first-order chi connectivity index (χ1) is 14.7. The Morgan fingerprint density at radius 3 is 2.57 bits per heavy atom. The van der Waals surface area contributed by atoms with Crippen molar-refractivity contribution in [1.29, 1.82) is 0 Å². The molecule has 0 unspecified atom stereocenters. The van der Waals surface area contributed by atoms with Crippen molar-refractivity contribution in [2.75, 3.05) is 6.61 Å². The van der Waals surface area contributed by atoms with Crippen molar-refractivity contribution in [2.45, 2.75) is 13.5 Å². The molecule has 2 heterocycles. The van der Waals surface area contributed by atoms with Gasteiger partial charge in [0.2, 0.25) is 0 Å². The van der Waals surface area contributed by atoms with E-state index in [0.29, 0.717) is 39.4 Å². The van der Waals surface area contributed by atoms with Crippen LogP contribution in [0, 0.1) is 0 Å². The lowest BCUT2D eigenvalue weighted by atomic mass is 10.2. The van der Waals surface area contributed by atoms with E-state index in [1.54, 1.807) is 54.1 Å². The Labute approximate surface area is 176 Å². The van der Waals surface area contributed by atoms with Crippen LogP contribution in [0.2, 0.25) is 0 Å². The highest BCUT2D eigenvalue weighted by atomic mass is 32.1. The number of nitrogens with zero attached hydrogens (tertiary/aromatic N) is 3. The van der Waals surface area contributed by atoms with Gasteiger partial charge in [-0.3, -0.25) is 9.36 Å². The van der Waals surface area contributed by atoms with Gasteiger partial charge in [-0.1, -0.05) is 41.7 Å². The Bertz CT molecular complexity index is 1310. The fourth-order valence-corrected chi connectivity index (χ4v) is 3.95. The van der Waals surface area contributed by atoms with Crippen LogP contribution in [0.5, 0.6) is 0 Å². The topological polar surface area (TPSA) is 73.6 Å². The molecule has 0 aliphatic carbocycles. The largest absolute Gasteiger partial charge is 0.462 e. The van der Waals surface area contributed by atoms with Gasteiger partial charge in [0.15, 0.2) is 4.80 Å². The van der Waals surface area contributed by atoms with Crippen molar-refractivity contribution < 1.29 is 9.53 Å². The first-order valence-corrected chi connectivity index (χ1v) is 10.3. The van der Waals surface area contributed by atoms with Gasteiger partial charge in [0.05, 0.1) is 29.8 Å². The average Bonchev–Trinajstić information content (AvgIpc) is 2.78. The zero-order chi connectivity index (χ0) is 20.9. The molecule has 7 heteroatoms. The third-order valence-corrected chi connectivity index (χ3v) is 5.47. The second kappa shape index (κ2) is 8.84. The first kappa shape index (κ1) is 19.7. The molecule has 2 aromatic heterocycles. The second-order valence-electron chi connectivity index (χ2n) is 6.50. The molecule has 0 aliphatic rings. The number of aromatic nitrogens is 2. The lowest BCUT2D eigenvalue weighted by Gasteiger charge is -2.08. The lowest BCUT2D eigenvalue weighted by molar-refractivity contribution is 0.0526. The maximum atomic E-state index is 13.2. The number of fused-ring (bicyclic) bond motifs is 1. The van der Waals surface area contributed by atoms with Gasteiger partial charge in [0.25, 0.3) is 5.56 Å². The van der Waals surface area contributed by atoms with E-state index in [4.69, 9.17) is 4.74 Å². The Hall–Kier alpha value is -3.58. The number of rotatable bonds is 5. The number of benzene rings is 2. The van der Waals surface area contributed by atoms with Crippen molar-refractivity contribution in [3.05, 3.63) is 99.2 Å². The lowest BCUT2D eigenvalue weighted by Crippen LogP contribution is -2.32. The summed E-state index contributed by atoms with van der Waals surface area (Å²) in [5, 5.41) is 0.565. The van der Waals surface area contributed by atoms with Crippen molar-refractivity contribution >= 4 is 33.2 Å². The summed E-state index contributed by atoms with van der Waals surface area (Å²) < 4.78 is 6.67. The van der Waals surface area contributed by atoms with E-state index < -0.39 is 0 Å². The minimum atomic E-state index is -0.372. The summed E-state index contributed by atoms with van der Waals surface area (Å²) in [4.78, 5) is 35.2. The Balaban J connectivity index is 1.83. The van der Waals surface area contributed by atoms with E-state index in [2.05, 4.69) is 9.98 Å². The highest BCUT2D eigenvalue weighted by molar-refractivity contribution is 7.15. The van der Waals surface area contributed by atoms with Crippen LogP contribution in [0.15, 0.2) is 82.7 Å². The molecule has 150 valence electrons. The highest BCUT2D eigenvalue weighted by Crippen LogP contribution is 2.15. The highest BCUT2D eigenvalue weighted by Gasteiger charge is 2.09. The van der Waals surface area contributed by atoms with Crippen LogP contribution < -0.4 is 10.4 Å². The van der Waals surface area contributed by atoms with E-state index in [-0.39, 0.29) is 11.5 Å². The monoisotopic (exact) mass is 417 g/mol. The molecule has 4 aromatic rings. The summed E-state index contributed by atoms with van der Waals surface area (Å²) >= 11 is 1.35. The summed E-state index contributed by atoms with van der Waals surface area (Å²) in [6, 6.07) is 20.1. The molecule has 0 saturated heterocycles. The van der Waals surface area contributed by atoms with Crippen molar-refractivity contribution in [1.82, 2.24) is 9.55 Å².